The Hall–Kier alpha value is -1.72. The summed E-state index contributed by atoms with van der Waals surface area (Å²) in [7, 11) is 0. The Morgan fingerprint density at radius 1 is 1.26 bits per heavy atom. The van der Waals surface area contributed by atoms with Gasteiger partial charge in [-0.2, -0.15) is 0 Å². The fourth-order valence-corrected chi connectivity index (χ4v) is 3.28. The monoisotopic (exact) mass is 376 g/mol. The molecule has 23 heavy (non-hydrogen) atoms. The summed E-state index contributed by atoms with van der Waals surface area (Å²) in [6.07, 6.45) is 1.59. The third-order valence-corrected chi connectivity index (χ3v) is 4.83. The van der Waals surface area contributed by atoms with Crippen LogP contribution in [0.4, 0.5) is 10.1 Å². The van der Waals surface area contributed by atoms with Crippen molar-refractivity contribution < 1.29 is 9.18 Å². The second-order valence-electron chi connectivity index (χ2n) is 5.63. The van der Waals surface area contributed by atoms with Crippen LogP contribution >= 0.6 is 15.9 Å². The summed E-state index contributed by atoms with van der Waals surface area (Å²) in [5.41, 5.74) is 3.04. The molecule has 120 valence electrons. The molecule has 0 radical (unpaired) electrons. The topological polar surface area (TPSA) is 41.1 Å². The van der Waals surface area contributed by atoms with Gasteiger partial charge in [-0.25, -0.2) is 4.39 Å². The van der Waals surface area contributed by atoms with Crippen LogP contribution in [-0.2, 0) is 24.2 Å². The van der Waals surface area contributed by atoms with Crippen LogP contribution in [0.5, 0.6) is 0 Å². The number of aryl methyl sites for hydroxylation is 1. The fraction of sp³-hybridized carbons (Fsp3) is 0.278. The number of nitrogens with one attached hydrogen (secondary N) is 2. The highest BCUT2D eigenvalue weighted by Crippen LogP contribution is 2.25. The van der Waals surface area contributed by atoms with Crippen molar-refractivity contribution in [3.05, 3.63) is 63.4 Å². The molecule has 0 aliphatic carbocycles. The second-order valence-corrected chi connectivity index (χ2v) is 6.49. The van der Waals surface area contributed by atoms with Crippen LogP contribution in [0.25, 0.3) is 0 Å². The number of benzene rings is 2. The second kappa shape index (κ2) is 7.23. The van der Waals surface area contributed by atoms with Crippen LogP contribution in [0, 0.1) is 5.82 Å². The lowest BCUT2D eigenvalue weighted by molar-refractivity contribution is -0.116. The van der Waals surface area contributed by atoms with Crippen LogP contribution in [0.15, 0.2) is 40.9 Å². The maximum absolute atomic E-state index is 14.5. The van der Waals surface area contributed by atoms with Crippen molar-refractivity contribution in [2.24, 2.45) is 0 Å². The predicted molar refractivity (Wildman–Crippen MR) is 92.9 cm³/mol. The molecule has 0 fully saturated rings. The lowest BCUT2D eigenvalue weighted by atomic mass is 9.99. The molecular formula is C18H18BrFN2O. The molecule has 2 aromatic carbocycles. The molecule has 1 aliphatic heterocycles. The van der Waals surface area contributed by atoms with Crippen molar-refractivity contribution in [1.82, 2.24) is 5.32 Å². The lowest BCUT2D eigenvalue weighted by Gasteiger charge is -2.19. The van der Waals surface area contributed by atoms with Crippen LogP contribution in [0.3, 0.4) is 0 Å². The van der Waals surface area contributed by atoms with E-state index in [0.717, 1.165) is 22.1 Å². The summed E-state index contributed by atoms with van der Waals surface area (Å²) in [5.74, 6) is -0.466. The molecule has 2 aromatic rings. The molecule has 3 rings (SSSR count). The molecule has 1 heterocycles. The van der Waals surface area contributed by atoms with Gasteiger partial charge in [0, 0.05) is 17.4 Å². The van der Waals surface area contributed by atoms with E-state index in [9.17, 15) is 9.18 Å². The summed E-state index contributed by atoms with van der Waals surface area (Å²) in [6, 6.07) is 11.3. The first kappa shape index (κ1) is 16.1. The molecule has 0 aromatic heterocycles. The number of carbonyl (C=O) groups excluding carboxylic acids is 1. The quantitative estimate of drug-likeness (QED) is 0.851. The number of rotatable bonds is 4. The fourth-order valence-electron chi connectivity index (χ4n) is 2.79. The van der Waals surface area contributed by atoms with E-state index in [4.69, 9.17) is 0 Å². The average Bonchev–Trinajstić information content (AvgIpc) is 2.57. The van der Waals surface area contributed by atoms with Gasteiger partial charge in [0.15, 0.2) is 0 Å². The minimum Gasteiger partial charge on any atom is -0.324 e. The Morgan fingerprint density at radius 2 is 2.09 bits per heavy atom. The van der Waals surface area contributed by atoms with E-state index in [-0.39, 0.29) is 17.4 Å². The van der Waals surface area contributed by atoms with Crippen molar-refractivity contribution in [3.8, 4) is 0 Å². The number of fused-ring (bicyclic) bond motifs is 1. The Morgan fingerprint density at radius 3 is 2.91 bits per heavy atom. The van der Waals surface area contributed by atoms with Crippen molar-refractivity contribution in [2.45, 2.75) is 25.8 Å². The van der Waals surface area contributed by atoms with Gasteiger partial charge in [-0.05, 0) is 48.2 Å². The first-order valence-corrected chi connectivity index (χ1v) is 8.48. The summed E-state index contributed by atoms with van der Waals surface area (Å²) < 4.78 is 15.5. The maximum Gasteiger partial charge on any atom is 0.224 e. The molecule has 1 aliphatic rings. The van der Waals surface area contributed by atoms with E-state index >= 15 is 0 Å². The Balaban J connectivity index is 1.65. The Labute approximate surface area is 143 Å². The smallest absolute Gasteiger partial charge is 0.224 e. The van der Waals surface area contributed by atoms with Gasteiger partial charge in [-0.15, -0.1) is 0 Å². The molecule has 2 N–H and O–H groups in total. The lowest BCUT2D eigenvalue weighted by Crippen LogP contribution is -2.25. The van der Waals surface area contributed by atoms with Crippen molar-refractivity contribution in [1.29, 1.82) is 0 Å². The highest BCUT2D eigenvalue weighted by atomic mass is 79.9. The molecule has 0 unspecified atom stereocenters. The first-order chi connectivity index (χ1) is 11.1. The van der Waals surface area contributed by atoms with Gasteiger partial charge in [0.25, 0.3) is 0 Å². The molecule has 3 nitrogen and oxygen atoms in total. The first-order valence-electron chi connectivity index (χ1n) is 7.69. The number of halogens is 2. The van der Waals surface area contributed by atoms with Crippen LogP contribution in [-0.4, -0.2) is 12.5 Å². The highest BCUT2D eigenvalue weighted by molar-refractivity contribution is 9.10. The van der Waals surface area contributed by atoms with Crippen molar-refractivity contribution in [3.63, 3.8) is 0 Å². The van der Waals surface area contributed by atoms with Crippen molar-refractivity contribution in [2.75, 3.05) is 11.9 Å². The number of anilines is 1. The van der Waals surface area contributed by atoms with E-state index in [1.54, 1.807) is 6.07 Å². The van der Waals surface area contributed by atoms with E-state index < -0.39 is 0 Å². The Kier molecular flexibility index (Phi) is 5.08. The minimum atomic E-state index is -0.293. The zero-order valence-electron chi connectivity index (χ0n) is 12.7. The van der Waals surface area contributed by atoms with Crippen LogP contribution in [0.2, 0.25) is 0 Å². The standard InChI is InChI=1S/C18H18BrFN2O/c19-15-4-2-1-3-12(15)6-8-17(23)22-16-7-5-13-11-21-10-9-14(13)18(16)20/h1-5,7,21H,6,8-11H2,(H,22,23). The van der Waals surface area contributed by atoms with E-state index in [1.165, 1.54) is 0 Å². The van der Waals surface area contributed by atoms with Gasteiger partial charge >= 0.3 is 0 Å². The molecule has 5 heteroatoms. The maximum atomic E-state index is 14.5. The van der Waals surface area contributed by atoms with Gasteiger partial charge in [0.1, 0.15) is 5.82 Å². The summed E-state index contributed by atoms with van der Waals surface area (Å²) >= 11 is 3.47. The summed E-state index contributed by atoms with van der Waals surface area (Å²) in [5, 5.41) is 5.91. The van der Waals surface area contributed by atoms with E-state index in [1.807, 2.05) is 30.3 Å². The highest BCUT2D eigenvalue weighted by Gasteiger charge is 2.17. The van der Waals surface area contributed by atoms with E-state index in [2.05, 4.69) is 26.6 Å². The van der Waals surface area contributed by atoms with Gasteiger partial charge in [0.2, 0.25) is 5.91 Å². The molecular weight excluding hydrogens is 359 g/mol. The van der Waals surface area contributed by atoms with Crippen molar-refractivity contribution >= 4 is 27.5 Å². The summed E-state index contributed by atoms with van der Waals surface area (Å²) in [6.45, 7) is 1.45. The van der Waals surface area contributed by atoms with Crippen LogP contribution < -0.4 is 10.6 Å². The van der Waals surface area contributed by atoms with Gasteiger partial charge in [-0.1, -0.05) is 40.2 Å². The van der Waals surface area contributed by atoms with Crippen LogP contribution in [0.1, 0.15) is 23.1 Å². The predicted octanol–water partition coefficient (Wildman–Crippen LogP) is 3.81. The van der Waals surface area contributed by atoms with E-state index in [0.29, 0.717) is 31.4 Å². The third-order valence-electron chi connectivity index (χ3n) is 4.06. The number of carbonyl (C=O) groups is 1. The molecule has 0 spiro atoms. The zero-order valence-corrected chi connectivity index (χ0v) is 14.2. The molecule has 1 amide bonds. The molecule has 0 atom stereocenters. The molecule has 0 bridgehead atoms. The number of hydrogen-bond donors (Lipinski definition) is 2. The third kappa shape index (κ3) is 3.79. The SMILES string of the molecule is O=C(CCc1ccccc1Br)Nc1ccc2c(c1F)CCNC2. The minimum absolute atomic E-state index is 0.173. The average molecular weight is 377 g/mol. The molecule has 0 saturated heterocycles. The summed E-state index contributed by atoms with van der Waals surface area (Å²) in [4.78, 5) is 12.1. The Bertz CT molecular complexity index is 733. The van der Waals surface area contributed by atoms with Gasteiger partial charge in [0.05, 0.1) is 5.69 Å². The number of amides is 1. The largest absolute Gasteiger partial charge is 0.324 e. The zero-order chi connectivity index (χ0) is 16.2. The number of hydrogen-bond acceptors (Lipinski definition) is 2. The van der Waals surface area contributed by atoms with Gasteiger partial charge < -0.3 is 10.6 Å². The van der Waals surface area contributed by atoms with Gasteiger partial charge in [-0.3, -0.25) is 4.79 Å². The normalized spacial score (nSPS) is 13.5. The molecule has 0 saturated carbocycles.